The number of nitrogens with one attached hydrogen (secondary N) is 2. The third-order valence-electron chi connectivity index (χ3n) is 3.58. The molecule has 0 spiro atoms. The molecular weight excluding hydrogens is 354 g/mol. The van der Waals surface area contributed by atoms with Gasteiger partial charge in [0, 0.05) is 18.7 Å². The van der Waals surface area contributed by atoms with E-state index in [0.29, 0.717) is 13.0 Å². The zero-order chi connectivity index (χ0) is 19.0. The van der Waals surface area contributed by atoms with Gasteiger partial charge in [0.1, 0.15) is 5.75 Å². The van der Waals surface area contributed by atoms with Crippen LogP contribution in [0.25, 0.3) is 0 Å². The summed E-state index contributed by atoms with van der Waals surface area (Å²) in [7, 11) is -3.57. The van der Waals surface area contributed by atoms with Gasteiger partial charge in [-0.05, 0) is 48.2 Å². The van der Waals surface area contributed by atoms with Crippen LogP contribution in [0.15, 0.2) is 48.5 Å². The van der Waals surface area contributed by atoms with Crippen molar-refractivity contribution in [3.8, 4) is 5.75 Å². The average Bonchev–Trinajstić information content (AvgIpc) is 2.58. The minimum absolute atomic E-state index is 0.115. The van der Waals surface area contributed by atoms with Crippen molar-refractivity contribution in [3.63, 3.8) is 0 Å². The van der Waals surface area contributed by atoms with Crippen LogP contribution >= 0.6 is 0 Å². The molecule has 0 saturated carbocycles. The normalized spacial score (nSPS) is 11.2. The van der Waals surface area contributed by atoms with Gasteiger partial charge in [0.25, 0.3) is 0 Å². The maximum Gasteiger partial charge on any atom is 0.306 e. The number of amides is 1. The number of hydrazine groups is 1. The predicted molar refractivity (Wildman–Crippen MR) is 101 cm³/mol. The van der Waals surface area contributed by atoms with Gasteiger partial charge in [-0.1, -0.05) is 24.3 Å². The van der Waals surface area contributed by atoms with Crippen LogP contribution in [-0.2, 0) is 27.8 Å². The van der Waals surface area contributed by atoms with Crippen molar-refractivity contribution in [2.24, 2.45) is 5.84 Å². The van der Waals surface area contributed by atoms with Crippen LogP contribution in [0.3, 0.4) is 0 Å². The summed E-state index contributed by atoms with van der Waals surface area (Å²) in [6.07, 6.45) is 2.57. The Morgan fingerprint density at radius 3 is 2.46 bits per heavy atom. The second-order valence-electron chi connectivity index (χ2n) is 5.88. The highest BCUT2D eigenvalue weighted by Gasteiger charge is 2.07. The van der Waals surface area contributed by atoms with Gasteiger partial charge in [-0.2, -0.15) is 8.42 Å². The lowest BCUT2D eigenvalue weighted by Gasteiger charge is -2.08. The van der Waals surface area contributed by atoms with Crippen LogP contribution in [0.4, 0.5) is 5.69 Å². The van der Waals surface area contributed by atoms with E-state index in [0.717, 1.165) is 29.5 Å². The number of hydrogen-bond acceptors (Lipinski definition) is 6. The van der Waals surface area contributed by atoms with Crippen molar-refractivity contribution >= 4 is 21.7 Å². The number of anilines is 1. The minimum atomic E-state index is -3.57. The van der Waals surface area contributed by atoms with E-state index >= 15 is 0 Å². The molecular formula is C18H23N3O4S. The highest BCUT2D eigenvalue weighted by Crippen LogP contribution is 2.17. The quantitative estimate of drug-likeness (QED) is 0.348. The van der Waals surface area contributed by atoms with Crippen LogP contribution in [0.5, 0.6) is 5.75 Å². The van der Waals surface area contributed by atoms with Gasteiger partial charge in [0.2, 0.25) is 5.91 Å². The molecule has 0 aliphatic rings. The largest absolute Gasteiger partial charge is 0.383 e. The first-order chi connectivity index (χ1) is 12.4. The Balaban J connectivity index is 1.86. The van der Waals surface area contributed by atoms with Crippen molar-refractivity contribution in [2.45, 2.75) is 19.3 Å². The molecule has 8 heteroatoms. The molecule has 0 aromatic heterocycles. The third kappa shape index (κ3) is 7.22. The fourth-order valence-corrected chi connectivity index (χ4v) is 2.83. The van der Waals surface area contributed by atoms with E-state index in [-0.39, 0.29) is 18.1 Å². The number of carbonyl (C=O) groups excluding carboxylic acids is 1. The zero-order valence-corrected chi connectivity index (χ0v) is 15.4. The topological polar surface area (TPSA) is 111 Å². The molecule has 7 nitrogen and oxygen atoms in total. The summed E-state index contributed by atoms with van der Waals surface area (Å²) in [5, 5.41) is 2.84. The standard InChI is InChI=1S/C18H23N3O4S/c1-26(23,24)25-17-4-2-3-15(13-17)7-10-18(22)21-16-8-5-14(6-9-16)11-12-20-19/h2-6,8-9,13,20H,7,10-12,19H2,1H3,(H,21,22). The molecule has 1 amide bonds. The van der Waals surface area contributed by atoms with Gasteiger partial charge in [-0.25, -0.2) is 0 Å². The Kier molecular flexibility index (Phi) is 7.14. The summed E-state index contributed by atoms with van der Waals surface area (Å²) in [6, 6.07) is 14.3. The molecule has 0 fully saturated rings. The Labute approximate surface area is 153 Å². The van der Waals surface area contributed by atoms with Gasteiger partial charge < -0.3 is 9.50 Å². The summed E-state index contributed by atoms with van der Waals surface area (Å²) >= 11 is 0. The van der Waals surface area contributed by atoms with Crippen LogP contribution < -0.4 is 20.8 Å². The van der Waals surface area contributed by atoms with Gasteiger partial charge >= 0.3 is 10.1 Å². The van der Waals surface area contributed by atoms with Crippen LogP contribution in [0.2, 0.25) is 0 Å². The lowest BCUT2D eigenvalue weighted by atomic mass is 10.1. The number of benzene rings is 2. The Morgan fingerprint density at radius 2 is 1.81 bits per heavy atom. The predicted octanol–water partition coefficient (Wildman–Crippen LogP) is 1.60. The Morgan fingerprint density at radius 1 is 1.08 bits per heavy atom. The fraction of sp³-hybridized carbons (Fsp3) is 0.278. The Bertz CT molecular complexity index is 836. The minimum Gasteiger partial charge on any atom is -0.383 e. The average molecular weight is 377 g/mol. The second kappa shape index (κ2) is 9.33. The van der Waals surface area contributed by atoms with E-state index in [2.05, 4.69) is 10.7 Å². The van der Waals surface area contributed by atoms with Crippen LogP contribution in [-0.4, -0.2) is 27.1 Å². The molecule has 0 aliphatic carbocycles. The van der Waals surface area contributed by atoms with Crippen LogP contribution in [0, 0.1) is 0 Å². The highest BCUT2D eigenvalue weighted by atomic mass is 32.2. The van der Waals surface area contributed by atoms with Gasteiger partial charge in [-0.3, -0.25) is 16.1 Å². The molecule has 0 heterocycles. The summed E-state index contributed by atoms with van der Waals surface area (Å²) in [4.78, 5) is 12.1. The molecule has 2 aromatic rings. The van der Waals surface area contributed by atoms with E-state index in [1.165, 1.54) is 0 Å². The lowest BCUT2D eigenvalue weighted by Crippen LogP contribution is -2.24. The van der Waals surface area contributed by atoms with Crippen molar-refractivity contribution in [2.75, 3.05) is 18.1 Å². The molecule has 26 heavy (non-hydrogen) atoms. The van der Waals surface area contributed by atoms with E-state index in [9.17, 15) is 13.2 Å². The van der Waals surface area contributed by atoms with Gasteiger partial charge in [0.05, 0.1) is 6.26 Å². The number of carbonyl (C=O) groups is 1. The fourth-order valence-electron chi connectivity index (χ4n) is 2.38. The maximum atomic E-state index is 12.1. The number of rotatable bonds is 9. The van der Waals surface area contributed by atoms with E-state index in [1.54, 1.807) is 18.2 Å². The van der Waals surface area contributed by atoms with Gasteiger partial charge in [0.15, 0.2) is 0 Å². The molecule has 0 bridgehead atoms. The molecule has 140 valence electrons. The zero-order valence-electron chi connectivity index (χ0n) is 14.6. The number of aryl methyl sites for hydroxylation is 1. The maximum absolute atomic E-state index is 12.1. The van der Waals surface area contributed by atoms with Gasteiger partial charge in [-0.15, -0.1) is 0 Å². The molecule has 0 radical (unpaired) electrons. The lowest BCUT2D eigenvalue weighted by molar-refractivity contribution is -0.116. The molecule has 0 unspecified atom stereocenters. The highest BCUT2D eigenvalue weighted by molar-refractivity contribution is 7.86. The Hall–Kier alpha value is -2.42. The molecule has 2 aromatic carbocycles. The molecule has 2 rings (SSSR count). The van der Waals surface area contributed by atoms with Crippen molar-refractivity contribution in [3.05, 3.63) is 59.7 Å². The molecule has 4 N–H and O–H groups in total. The van der Waals surface area contributed by atoms with Crippen molar-refractivity contribution in [1.82, 2.24) is 5.43 Å². The summed E-state index contributed by atoms with van der Waals surface area (Å²) in [5.74, 6) is 5.38. The molecule has 0 aliphatic heterocycles. The monoisotopic (exact) mass is 377 g/mol. The van der Waals surface area contributed by atoms with E-state index in [4.69, 9.17) is 10.0 Å². The van der Waals surface area contributed by atoms with E-state index in [1.807, 2.05) is 30.3 Å². The third-order valence-corrected chi connectivity index (χ3v) is 4.08. The smallest absolute Gasteiger partial charge is 0.306 e. The first kappa shape index (κ1) is 19.9. The summed E-state index contributed by atoms with van der Waals surface area (Å²) < 4.78 is 27.2. The molecule has 0 atom stereocenters. The van der Waals surface area contributed by atoms with Crippen molar-refractivity contribution in [1.29, 1.82) is 0 Å². The molecule has 0 saturated heterocycles. The SMILES string of the molecule is CS(=O)(=O)Oc1cccc(CCC(=O)Nc2ccc(CCNN)cc2)c1. The first-order valence-corrected chi connectivity index (χ1v) is 9.98. The van der Waals surface area contributed by atoms with Crippen LogP contribution in [0.1, 0.15) is 17.5 Å². The number of nitrogens with two attached hydrogens (primary N) is 1. The summed E-state index contributed by atoms with van der Waals surface area (Å²) in [5.41, 5.74) is 5.28. The van der Waals surface area contributed by atoms with E-state index < -0.39 is 10.1 Å². The van der Waals surface area contributed by atoms with Crippen molar-refractivity contribution < 1.29 is 17.4 Å². The summed E-state index contributed by atoms with van der Waals surface area (Å²) in [6.45, 7) is 0.688. The second-order valence-corrected chi connectivity index (χ2v) is 7.46. The first-order valence-electron chi connectivity index (χ1n) is 8.16. The number of hydrogen-bond donors (Lipinski definition) is 3.